The standard InChI is InChI=1S/C14H14ClF3N2O2S/c1-9-6-13(22,14(16,17)18)20(19-9)12(21)8-23-7-10-4-2-3-5-11(10)15/h2-5,22H,6-8H2,1H3/t13-/m0/s1. The van der Waals surface area contributed by atoms with Gasteiger partial charge < -0.3 is 5.11 Å². The van der Waals surface area contributed by atoms with Gasteiger partial charge in [-0.15, -0.1) is 11.8 Å². The summed E-state index contributed by atoms with van der Waals surface area (Å²) >= 11 is 7.08. The van der Waals surface area contributed by atoms with Crippen LogP contribution in [0.2, 0.25) is 5.02 Å². The number of hydrazone groups is 1. The van der Waals surface area contributed by atoms with Gasteiger partial charge in [0.15, 0.2) is 0 Å². The minimum Gasteiger partial charge on any atom is -0.362 e. The number of amides is 1. The number of alkyl halides is 3. The molecule has 1 heterocycles. The summed E-state index contributed by atoms with van der Waals surface area (Å²) in [5.41, 5.74) is -2.44. The zero-order chi connectivity index (χ0) is 17.3. The second-order valence-electron chi connectivity index (χ2n) is 5.12. The van der Waals surface area contributed by atoms with Gasteiger partial charge in [0.25, 0.3) is 11.6 Å². The topological polar surface area (TPSA) is 52.9 Å². The van der Waals surface area contributed by atoms with Crippen LogP contribution in [0.4, 0.5) is 13.2 Å². The number of thioether (sulfide) groups is 1. The summed E-state index contributed by atoms with van der Waals surface area (Å²) in [7, 11) is 0. The highest BCUT2D eigenvalue weighted by Gasteiger charge is 2.62. The van der Waals surface area contributed by atoms with E-state index in [1.54, 1.807) is 24.3 Å². The molecule has 0 aromatic heterocycles. The summed E-state index contributed by atoms with van der Waals surface area (Å²) in [5, 5.41) is 14.0. The first-order chi connectivity index (χ1) is 10.6. The quantitative estimate of drug-likeness (QED) is 0.888. The molecule has 1 N–H and O–H groups in total. The molecule has 4 nitrogen and oxygen atoms in total. The van der Waals surface area contributed by atoms with E-state index in [0.29, 0.717) is 10.8 Å². The predicted molar refractivity (Wildman–Crippen MR) is 83.2 cm³/mol. The Hall–Kier alpha value is -1.25. The number of carbonyl (C=O) groups excluding carboxylic acids is 1. The molecule has 2 rings (SSSR count). The third-order valence-electron chi connectivity index (χ3n) is 3.25. The molecule has 1 atom stereocenters. The molecule has 0 unspecified atom stereocenters. The Bertz CT molecular complexity index is 639. The lowest BCUT2D eigenvalue weighted by Crippen LogP contribution is -2.57. The summed E-state index contributed by atoms with van der Waals surface area (Å²) in [6.45, 7) is 1.33. The summed E-state index contributed by atoms with van der Waals surface area (Å²) < 4.78 is 39.1. The molecular weight excluding hydrogens is 353 g/mol. The van der Waals surface area contributed by atoms with Crippen molar-refractivity contribution in [3.63, 3.8) is 0 Å². The van der Waals surface area contributed by atoms with E-state index in [1.807, 2.05) is 0 Å². The van der Waals surface area contributed by atoms with E-state index in [4.69, 9.17) is 11.6 Å². The van der Waals surface area contributed by atoms with Crippen molar-refractivity contribution in [2.24, 2.45) is 5.10 Å². The number of hydrogen-bond donors (Lipinski definition) is 1. The van der Waals surface area contributed by atoms with Gasteiger partial charge in [-0.3, -0.25) is 4.79 Å². The molecule has 0 aliphatic carbocycles. The molecule has 1 aliphatic rings. The lowest BCUT2D eigenvalue weighted by atomic mass is 10.1. The molecule has 1 amide bonds. The van der Waals surface area contributed by atoms with E-state index in [1.165, 1.54) is 6.92 Å². The van der Waals surface area contributed by atoms with Gasteiger partial charge in [0.05, 0.1) is 5.75 Å². The fourth-order valence-corrected chi connectivity index (χ4v) is 3.28. The normalized spacial score (nSPS) is 21.5. The van der Waals surface area contributed by atoms with Crippen LogP contribution in [0.5, 0.6) is 0 Å². The molecular formula is C14H14ClF3N2O2S. The molecule has 0 spiro atoms. The largest absolute Gasteiger partial charge is 0.438 e. The Kier molecular flexibility index (Phi) is 5.27. The van der Waals surface area contributed by atoms with E-state index in [0.717, 1.165) is 17.3 Å². The predicted octanol–water partition coefficient (Wildman–Crippen LogP) is 3.43. The Morgan fingerprint density at radius 3 is 2.74 bits per heavy atom. The van der Waals surface area contributed by atoms with Crippen LogP contribution in [0.15, 0.2) is 29.4 Å². The summed E-state index contributed by atoms with van der Waals surface area (Å²) in [6.07, 6.45) is -5.71. The molecule has 1 aromatic carbocycles. The van der Waals surface area contributed by atoms with Gasteiger partial charge >= 0.3 is 6.18 Å². The average Bonchev–Trinajstić information content (AvgIpc) is 2.77. The minimum absolute atomic E-state index is 0.0503. The van der Waals surface area contributed by atoms with Crippen molar-refractivity contribution < 1.29 is 23.1 Å². The first kappa shape index (κ1) is 18.1. The van der Waals surface area contributed by atoms with Gasteiger partial charge in [0, 0.05) is 22.9 Å². The molecule has 9 heteroatoms. The molecule has 0 saturated carbocycles. The molecule has 0 saturated heterocycles. The van der Waals surface area contributed by atoms with Gasteiger partial charge in [0.1, 0.15) is 0 Å². The first-order valence-corrected chi connectivity index (χ1v) is 8.16. The van der Waals surface area contributed by atoms with Gasteiger partial charge in [-0.05, 0) is 18.6 Å². The summed E-state index contributed by atoms with van der Waals surface area (Å²) in [5.74, 6) is -0.786. The van der Waals surface area contributed by atoms with E-state index < -0.39 is 24.2 Å². The van der Waals surface area contributed by atoms with Crippen LogP contribution < -0.4 is 0 Å². The highest BCUT2D eigenvalue weighted by molar-refractivity contribution is 7.99. The van der Waals surface area contributed by atoms with Gasteiger partial charge in [0.2, 0.25) is 0 Å². The lowest BCUT2D eigenvalue weighted by molar-refractivity contribution is -0.301. The van der Waals surface area contributed by atoms with Crippen molar-refractivity contribution in [2.45, 2.75) is 31.0 Å². The molecule has 1 aromatic rings. The van der Waals surface area contributed by atoms with Crippen molar-refractivity contribution in [1.82, 2.24) is 5.01 Å². The van der Waals surface area contributed by atoms with Crippen molar-refractivity contribution in [3.05, 3.63) is 34.9 Å². The monoisotopic (exact) mass is 366 g/mol. The Labute approximate surface area is 140 Å². The maximum absolute atomic E-state index is 13.0. The molecule has 0 radical (unpaired) electrons. The van der Waals surface area contributed by atoms with Crippen LogP contribution >= 0.6 is 23.4 Å². The Morgan fingerprint density at radius 1 is 1.48 bits per heavy atom. The third kappa shape index (κ3) is 3.81. The van der Waals surface area contributed by atoms with E-state index in [9.17, 15) is 23.1 Å². The first-order valence-electron chi connectivity index (χ1n) is 6.62. The van der Waals surface area contributed by atoms with Crippen LogP contribution in [-0.2, 0) is 10.5 Å². The zero-order valence-electron chi connectivity index (χ0n) is 12.1. The summed E-state index contributed by atoms with van der Waals surface area (Å²) in [6, 6.07) is 6.99. The van der Waals surface area contributed by atoms with Crippen LogP contribution in [0.3, 0.4) is 0 Å². The van der Waals surface area contributed by atoms with Crippen molar-refractivity contribution in [2.75, 3.05) is 5.75 Å². The molecule has 23 heavy (non-hydrogen) atoms. The zero-order valence-corrected chi connectivity index (χ0v) is 13.7. The number of aliphatic hydroxyl groups is 1. The second-order valence-corrected chi connectivity index (χ2v) is 6.51. The van der Waals surface area contributed by atoms with Crippen LogP contribution in [-0.4, -0.2) is 39.4 Å². The molecule has 1 aliphatic heterocycles. The number of benzene rings is 1. The van der Waals surface area contributed by atoms with E-state index in [-0.39, 0.29) is 16.5 Å². The maximum atomic E-state index is 13.0. The number of halogens is 4. The molecule has 0 bridgehead atoms. The smallest absolute Gasteiger partial charge is 0.362 e. The highest BCUT2D eigenvalue weighted by atomic mass is 35.5. The second kappa shape index (κ2) is 6.70. The highest BCUT2D eigenvalue weighted by Crippen LogP contribution is 2.40. The number of nitrogens with zero attached hydrogens (tertiary/aromatic N) is 2. The average molecular weight is 367 g/mol. The Morgan fingerprint density at radius 2 is 2.13 bits per heavy atom. The van der Waals surface area contributed by atoms with E-state index in [2.05, 4.69) is 5.10 Å². The van der Waals surface area contributed by atoms with Crippen LogP contribution in [0.25, 0.3) is 0 Å². The van der Waals surface area contributed by atoms with E-state index >= 15 is 0 Å². The fourth-order valence-electron chi connectivity index (χ4n) is 2.13. The minimum atomic E-state index is -4.97. The van der Waals surface area contributed by atoms with Crippen molar-refractivity contribution in [3.8, 4) is 0 Å². The van der Waals surface area contributed by atoms with Gasteiger partial charge in [-0.2, -0.15) is 23.3 Å². The Balaban J connectivity index is 2.01. The van der Waals surface area contributed by atoms with Crippen LogP contribution in [0, 0.1) is 0 Å². The number of rotatable bonds is 4. The third-order valence-corrected chi connectivity index (χ3v) is 4.59. The number of hydrogen-bond acceptors (Lipinski definition) is 4. The van der Waals surface area contributed by atoms with Crippen molar-refractivity contribution in [1.29, 1.82) is 0 Å². The SMILES string of the molecule is CC1=NN(C(=O)CSCc2ccccc2Cl)[C@@](O)(C(F)(F)F)C1. The lowest BCUT2D eigenvalue weighted by Gasteiger charge is -2.32. The summed E-state index contributed by atoms with van der Waals surface area (Å²) in [4.78, 5) is 12.0. The number of carbonyl (C=O) groups is 1. The van der Waals surface area contributed by atoms with Gasteiger partial charge in [-0.1, -0.05) is 29.8 Å². The maximum Gasteiger partial charge on any atom is 0.438 e. The molecule has 0 fully saturated rings. The molecule has 126 valence electrons. The van der Waals surface area contributed by atoms with Crippen molar-refractivity contribution >= 4 is 35.0 Å². The van der Waals surface area contributed by atoms with Gasteiger partial charge in [-0.25, -0.2) is 0 Å². The van der Waals surface area contributed by atoms with Crippen LogP contribution in [0.1, 0.15) is 18.9 Å². The fraction of sp³-hybridized carbons (Fsp3) is 0.429.